The summed E-state index contributed by atoms with van der Waals surface area (Å²) in [5.41, 5.74) is 2.53. The summed E-state index contributed by atoms with van der Waals surface area (Å²) in [6.07, 6.45) is 4.54. The Hall–Kier alpha value is -2.04. The molecule has 2 heterocycles. The number of nitrogens with two attached hydrogens (primary N) is 1. The highest BCUT2D eigenvalue weighted by atomic mass is 32.2. The van der Waals surface area contributed by atoms with Crippen molar-refractivity contribution in [3.05, 3.63) is 30.7 Å². The molecule has 10 heteroatoms. The molecule has 2 aromatic heterocycles. The van der Waals surface area contributed by atoms with Gasteiger partial charge in [0.25, 0.3) is 10.0 Å². The average Bonchev–Trinajstić information content (AvgIpc) is 2.91. The molecule has 19 heavy (non-hydrogen) atoms. The largest absolute Gasteiger partial charge is 0.321 e. The van der Waals surface area contributed by atoms with Gasteiger partial charge in [-0.1, -0.05) is 5.21 Å². The molecule has 0 saturated carbocycles. The fourth-order valence-corrected chi connectivity index (χ4v) is 2.54. The smallest absolute Gasteiger partial charge is 0.260 e. The van der Waals surface area contributed by atoms with Gasteiger partial charge in [-0.2, -0.15) is 0 Å². The Labute approximate surface area is 109 Å². The van der Waals surface area contributed by atoms with E-state index in [0.717, 1.165) is 0 Å². The van der Waals surface area contributed by atoms with Gasteiger partial charge in [0.15, 0.2) is 5.03 Å². The Morgan fingerprint density at radius 1 is 1.37 bits per heavy atom. The number of hydrogen-bond donors (Lipinski definition) is 3. The molecule has 0 amide bonds. The number of anilines is 1. The minimum Gasteiger partial charge on any atom is -0.321 e. The number of sulfonamides is 1. The van der Waals surface area contributed by atoms with Crippen LogP contribution in [0.2, 0.25) is 0 Å². The Kier molecular flexibility index (Phi) is 4.04. The number of hydrazine groups is 1. The first-order valence-electron chi connectivity index (χ1n) is 5.39. The third kappa shape index (κ3) is 3.24. The Balaban J connectivity index is 2.05. The van der Waals surface area contributed by atoms with E-state index in [0.29, 0.717) is 6.54 Å². The fraction of sp³-hybridized carbons (Fsp3) is 0.222. The van der Waals surface area contributed by atoms with Crippen LogP contribution in [-0.4, -0.2) is 34.9 Å². The molecule has 0 fully saturated rings. The zero-order valence-electron chi connectivity index (χ0n) is 9.89. The number of nitrogens with one attached hydrogen (secondary N) is 2. The van der Waals surface area contributed by atoms with Gasteiger partial charge in [-0.15, -0.1) is 5.10 Å². The quantitative estimate of drug-likeness (QED) is 0.455. The molecule has 0 saturated heterocycles. The van der Waals surface area contributed by atoms with Crippen LogP contribution in [0.3, 0.4) is 0 Å². The highest BCUT2D eigenvalue weighted by Gasteiger charge is 2.19. The van der Waals surface area contributed by atoms with Crippen LogP contribution in [0.15, 0.2) is 35.7 Å². The van der Waals surface area contributed by atoms with Crippen molar-refractivity contribution in [3.8, 4) is 0 Å². The van der Waals surface area contributed by atoms with Crippen LogP contribution in [0.1, 0.15) is 0 Å². The Bertz CT molecular complexity index is 626. The molecule has 0 aliphatic heterocycles. The average molecular weight is 283 g/mol. The number of aromatic nitrogens is 4. The molecule has 0 unspecified atom stereocenters. The van der Waals surface area contributed by atoms with E-state index >= 15 is 0 Å². The topological polar surface area (TPSA) is 128 Å². The molecule has 4 N–H and O–H groups in total. The van der Waals surface area contributed by atoms with E-state index in [9.17, 15) is 8.42 Å². The summed E-state index contributed by atoms with van der Waals surface area (Å²) in [5.74, 6) is 5.25. The number of pyridine rings is 1. The van der Waals surface area contributed by atoms with Crippen molar-refractivity contribution in [1.82, 2.24) is 24.7 Å². The summed E-state index contributed by atoms with van der Waals surface area (Å²) in [5, 5.41) is 7.20. The van der Waals surface area contributed by atoms with E-state index in [1.807, 2.05) is 0 Å². The molecule has 2 aromatic rings. The predicted molar refractivity (Wildman–Crippen MR) is 67.3 cm³/mol. The second kappa shape index (κ2) is 5.73. The second-order valence-corrected chi connectivity index (χ2v) is 5.25. The summed E-state index contributed by atoms with van der Waals surface area (Å²) in [6.45, 7) is 0.545. The van der Waals surface area contributed by atoms with Gasteiger partial charge in [0.2, 0.25) is 0 Å². The first-order chi connectivity index (χ1) is 9.13. The van der Waals surface area contributed by atoms with Crippen LogP contribution in [0.4, 0.5) is 5.69 Å². The van der Waals surface area contributed by atoms with E-state index in [1.54, 1.807) is 12.3 Å². The molecule has 9 nitrogen and oxygen atoms in total. The lowest BCUT2D eigenvalue weighted by atomic mass is 10.4. The Morgan fingerprint density at radius 3 is 2.89 bits per heavy atom. The van der Waals surface area contributed by atoms with E-state index in [1.165, 1.54) is 23.1 Å². The molecule has 2 rings (SSSR count). The first kappa shape index (κ1) is 13.4. The normalized spacial score (nSPS) is 11.4. The van der Waals surface area contributed by atoms with Crippen molar-refractivity contribution in [2.75, 3.05) is 12.0 Å². The van der Waals surface area contributed by atoms with Crippen LogP contribution in [0.5, 0.6) is 0 Å². The van der Waals surface area contributed by atoms with Gasteiger partial charge in [-0.25, -0.2) is 18.1 Å². The fourth-order valence-electron chi connectivity index (χ4n) is 1.43. The SMILES string of the molecule is NNc1cccnc1S(=O)(=O)NCCn1ccnn1. The molecule has 0 spiro atoms. The zero-order valence-corrected chi connectivity index (χ0v) is 10.7. The van der Waals surface area contributed by atoms with Crippen molar-refractivity contribution in [3.63, 3.8) is 0 Å². The first-order valence-corrected chi connectivity index (χ1v) is 6.87. The predicted octanol–water partition coefficient (Wildman–Crippen LogP) is -1.06. The maximum Gasteiger partial charge on any atom is 0.260 e. The van der Waals surface area contributed by atoms with E-state index < -0.39 is 10.0 Å². The lowest BCUT2D eigenvalue weighted by Gasteiger charge is -2.09. The molecule has 102 valence electrons. The molecular weight excluding hydrogens is 270 g/mol. The molecular formula is C9H13N7O2S. The second-order valence-electron chi connectivity index (χ2n) is 3.56. The van der Waals surface area contributed by atoms with Crippen LogP contribution in [0.25, 0.3) is 0 Å². The lowest BCUT2D eigenvalue weighted by Crippen LogP contribution is -2.29. The zero-order chi connectivity index (χ0) is 13.7. The standard InChI is InChI=1S/C9H13N7O2S/c10-14-8-2-1-3-11-9(8)19(17,18)13-5-7-16-6-4-12-15-16/h1-4,6,13-14H,5,7,10H2. The van der Waals surface area contributed by atoms with Crippen molar-refractivity contribution in [2.45, 2.75) is 11.6 Å². The highest BCUT2D eigenvalue weighted by Crippen LogP contribution is 2.15. The number of hydrogen-bond acceptors (Lipinski definition) is 7. The molecule has 0 radical (unpaired) electrons. The molecule has 0 aliphatic carbocycles. The van der Waals surface area contributed by atoms with Gasteiger partial charge in [0.1, 0.15) is 0 Å². The van der Waals surface area contributed by atoms with Crippen LogP contribution in [-0.2, 0) is 16.6 Å². The van der Waals surface area contributed by atoms with Gasteiger partial charge < -0.3 is 5.43 Å². The maximum absolute atomic E-state index is 12.0. The van der Waals surface area contributed by atoms with E-state index in [4.69, 9.17) is 5.84 Å². The molecule has 0 aromatic carbocycles. The van der Waals surface area contributed by atoms with Crippen LogP contribution < -0.4 is 16.0 Å². The van der Waals surface area contributed by atoms with Gasteiger partial charge >= 0.3 is 0 Å². The third-order valence-corrected chi connectivity index (χ3v) is 3.70. The lowest BCUT2D eigenvalue weighted by molar-refractivity contribution is 0.551. The summed E-state index contributed by atoms with van der Waals surface area (Å²) >= 11 is 0. The highest BCUT2D eigenvalue weighted by molar-refractivity contribution is 7.89. The third-order valence-electron chi connectivity index (χ3n) is 2.29. The van der Waals surface area contributed by atoms with Gasteiger partial charge in [-0.05, 0) is 12.1 Å². The van der Waals surface area contributed by atoms with Crippen LogP contribution in [0, 0.1) is 0 Å². The van der Waals surface area contributed by atoms with Crippen molar-refractivity contribution >= 4 is 15.7 Å². The van der Waals surface area contributed by atoms with Gasteiger partial charge in [0.05, 0.1) is 18.4 Å². The van der Waals surface area contributed by atoms with E-state index in [2.05, 4.69) is 25.4 Å². The number of nitrogen functional groups attached to an aromatic ring is 1. The summed E-state index contributed by atoms with van der Waals surface area (Å²) < 4.78 is 28.0. The maximum atomic E-state index is 12.0. The summed E-state index contributed by atoms with van der Waals surface area (Å²) in [4.78, 5) is 3.81. The minimum atomic E-state index is -3.72. The van der Waals surface area contributed by atoms with Gasteiger partial charge in [-0.3, -0.25) is 10.5 Å². The number of rotatable bonds is 6. The minimum absolute atomic E-state index is 0.143. The van der Waals surface area contributed by atoms with Gasteiger partial charge in [0, 0.05) is 18.9 Å². The summed E-state index contributed by atoms with van der Waals surface area (Å²) in [6, 6.07) is 3.11. The van der Waals surface area contributed by atoms with Crippen molar-refractivity contribution in [2.24, 2.45) is 5.84 Å². The monoisotopic (exact) mass is 283 g/mol. The van der Waals surface area contributed by atoms with E-state index in [-0.39, 0.29) is 17.3 Å². The number of nitrogens with zero attached hydrogens (tertiary/aromatic N) is 4. The van der Waals surface area contributed by atoms with Crippen molar-refractivity contribution < 1.29 is 8.42 Å². The molecule has 0 aliphatic rings. The van der Waals surface area contributed by atoms with Crippen molar-refractivity contribution in [1.29, 1.82) is 0 Å². The molecule has 0 bridgehead atoms. The molecule has 0 atom stereocenters. The van der Waals surface area contributed by atoms with Crippen LogP contribution >= 0.6 is 0 Å². The Morgan fingerprint density at radius 2 is 2.21 bits per heavy atom. The summed E-state index contributed by atoms with van der Waals surface area (Å²) in [7, 11) is -3.72.